The first kappa shape index (κ1) is 22.4. The molecule has 0 fully saturated rings. The van der Waals surface area contributed by atoms with E-state index in [4.69, 9.17) is 0 Å². The first-order valence-corrected chi connectivity index (χ1v) is 9.57. The van der Waals surface area contributed by atoms with Gasteiger partial charge in [0.15, 0.2) is 4.90 Å². The normalized spacial score (nSPS) is 14.3. The predicted molar refractivity (Wildman–Crippen MR) is 90.1 cm³/mol. The van der Waals surface area contributed by atoms with Crippen LogP contribution in [0, 0.1) is 6.07 Å². The largest absolute Gasteiger partial charge is 0.607 e. The lowest BCUT2D eigenvalue weighted by Crippen LogP contribution is -2.56. The zero-order chi connectivity index (χ0) is 20.6. The molecule has 0 N–H and O–H groups in total. The van der Waals surface area contributed by atoms with Crippen LogP contribution in [-0.2, 0) is 17.6 Å². The quantitative estimate of drug-likeness (QED) is 0.349. The molecule has 1 aromatic carbocycles. The van der Waals surface area contributed by atoms with Gasteiger partial charge in [-0.05, 0) is 44.0 Å². The molecule has 27 heavy (non-hydrogen) atoms. The van der Waals surface area contributed by atoms with Gasteiger partial charge in [-0.3, -0.25) is 4.98 Å². The summed E-state index contributed by atoms with van der Waals surface area (Å²) in [5, 5.41) is -5.90. The lowest BCUT2D eigenvalue weighted by Gasteiger charge is -2.29. The third-order valence-corrected chi connectivity index (χ3v) is 5.88. The molecule has 12 heteroatoms. The predicted octanol–water partition coefficient (Wildman–Crippen LogP) is 5.90. The lowest BCUT2D eigenvalue weighted by molar-refractivity contribution is -0.332. The monoisotopic (exact) mass is 540 g/mol. The average molecular weight is 542 g/mol. The molecule has 0 bridgehead atoms. The Balaban J connectivity index is 2.57. The van der Waals surface area contributed by atoms with E-state index in [0.29, 0.717) is 0 Å². The fourth-order valence-electron chi connectivity index (χ4n) is 1.96. The van der Waals surface area contributed by atoms with Gasteiger partial charge in [0.2, 0.25) is 0 Å². The molecule has 1 unspecified atom stereocenters. The van der Waals surface area contributed by atoms with E-state index in [1.165, 1.54) is 12.3 Å². The Kier molecular flexibility index (Phi) is 6.55. The summed E-state index contributed by atoms with van der Waals surface area (Å²) in [7, 11) is 0. The van der Waals surface area contributed by atoms with Gasteiger partial charge < -0.3 is 4.55 Å². The number of benzene rings is 1. The van der Waals surface area contributed by atoms with Crippen molar-refractivity contribution in [2.24, 2.45) is 0 Å². The number of pyridine rings is 1. The van der Waals surface area contributed by atoms with Crippen molar-refractivity contribution in [3.05, 3.63) is 56.7 Å². The van der Waals surface area contributed by atoms with E-state index in [0.717, 1.165) is 6.07 Å². The first-order valence-electron chi connectivity index (χ1n) is 6.83. The van der Waals surface area contributed by atoms with Crippen molar-refractivity contribution < 1.29 is 35.3 Å². The fourth-order valence-corrected chi connectivity index (χ4v) is 4.75. The van der Waals surface area contributed by atoms with E-state index in [1.54, 1.807) is 12.1 Å². The highest BCUT2D eigenvalue weighted by molar-refractivity contribution is 9.11. The minimum Gasteiger partial charge on any atom is -0.607 e. The van der Waals surface area contributed by atoms with Crippen LogP contribution in [0.4, 0.5) is 30.7 Å². The summed E-state index contributed by atoms with van der Waals surface area (Å²) in [6.45, 7) is 0. The summed E-state index contributed by atoms with van der Waals surface area (Å²) >= 11 is 1.82. The Labute approximate surface area is 168 Å². The molecule has 0 saturated carbocycles. The van der Waals surface area contributed by atoms with Crippen LogP contribution in [0.1, 0.15) is 11.3 Å². The molecule has 2 aromatic rings. The van der Waals surface area contributed by atoms with Crippen LogP contribution in [0.5, 0.6) is 0 Å². The van der Waals surface area contributed by atoms with Crippen molar-refractivity contribution in [1.29, 1.82) is 0 Å². The SMILES string of the molecule is [O-][S+](c1cc(Br)[c]c(Br)c1Cc1ccccn1)C(F)(F)C(F)(F)C(F)(F)F. The first-order chi connectivity index (χ1) is 12.3. The summed E-state index contributed by atoms with van der Waals surface area (Å²) in [4.78, 5) is 3.03. The Morgan fingerprint density at radius 3 is 2.22 bits per heavy atom. The van der Waals surface area contributed by atoms with Gasteiger partial charge in [0.25, 0.3) is 0 Å². The Bertz CT molecular complexity index is 818. The standard InChI is InChI=1S/C15H7Br2F7NOS/c16-8-5-11(17)10(7-9-3-1-2-4-25-9)12(6-8)27(26)15(23,24)13(18,19)14(20,21)22/h1-4,6H,7H2. The topological polar surface area (TPSA) is 36.0 Å². The van der Waals surface area contributed by atoms with E-state index in [-0.39, 0.29) is 26.6 Å². The van der Waals surface area contributed by atoms with Crippen LogP contribution < -0.4 is 0 Å². The zero-order valence-corrected chi connectivity index (χ0v) is 16.7. The highest BCUT2D eigenvalue weighted by Crippen LogP contribution is 2.51. The van der Waals surface area contributed by atoms with Crippen LogP contribution in [0.3, 0.4) is 0 Å². The molecule has 0 amide bonds. The minimum atomic E-state index is -6.58. The summed E-state index contributed by atoms with van der Waals surface area (Å²) in [5.74, 6) is -6.49. The smallest absolute Gasteiger partial charge is 0.486 e. The molecule has 0 aliphatic heterocycles. The molecule has 0 aliphatic carbocycles. The third-order valence-electron chi connectivity index (χ3n) is 3.29. The molecule has 1 heterocycles. The molecule has 0 aliphatic rings. The van der Waals surface area contributed by atoms with Crippen LogP contribution in [0.25, 0.3) is 0 Å². The zero-order valence-electron chi connectivity index (χ0n) is 12.8. The second-order valence-electron chi connectivity index (χ2n) is 5.13. The molecular weight excluding hydrogens is 535 g/mol. The number of aromatic nitrogens is 1. The molecule has 2 rings (SSSR count). The van der Waals surface area contributed by atoms with Gasteiger partial charge in [-0.15, -0.1) is 8.78 Å². The summed E-state index contributed by atoms with van der Waals surface area (Å²) < 4.78 is 104. The number of nitrogens with zero attached hydrogens (tertiary/aromatic N) is 1. The van der Waals surface area contributed by atoms with Gasteiger partial charge in [-0.25, -0.2) is 0 Å². The molecule has 2 nitrogen and oxygen atoms in total. The highest BCUT2D eigenvalue weighted by Gasteiger charge is 2.80. The van der Waals surface area contributed by atoms with Crippen molar-refractivity contribution in [1.82, 2.24) is 4.98 Å². The van der Waals surface area contributed by atoms with Crippen molar-refractivity contribution in [3.8, 4) is 0 Å². The maximum absolute atomic E-state index is 13.9. The minimum absolute atomic E-state index is 0.0306. The van der Waals surface area contributed by atoms with Crippen molar-refractivity contribution in [2.75, 3.05) is 0 Å². The van der Waals surface area contributed by atoms with Gasteiger partial charge in [0.05, 0.1) is 11.2 Å². The molecule has 147 valence electrons. The second kappa shape index (κ2) is 7.88. The summed E-state index contributed by atoms with van der Waals surface area (Å²) in [5.41, 5.74) is 0.0888. The highest BCUT2D eigenvalue weighted by atomic mass is 79.9. The number of hydrogen-bond donors (Lipinski definition) is 0. The second-order valence-corrected chi connectivity index (χ2v) is 8.27. The number of alkyl halides is 7. The van der Waals surface area contributed by atoms with Crippen LogP contribution in [-0.4, -0.2) is 26.9 Å². The van der Waals surface area contributed by atoms with Crippen LogP contribution in [0.15, 0.2) is 44.3 Å². The van der Waals surface area contributed by atoms with E-state index < -0.39 is 33.4 Å². The molecule has 1 radical (unpaired) electrons. The van der Waals surface area contributed by atoms with Crippen molar-refractivity contribution in [3.63, 3.8) is 0 Å². The van der Waals surface area contributed by atoms with E-state index >= 15 is 0 Å². The molecule has 1 atom stereocenters. The molecule has 1 aromatic heterocycles. The lowest BCUT2D eigenvalue weighted by atomic mass is 10.1. The maximum Gasteiger partial charge on any atom is 0.486 e. The number of hydrogen-bond acceptors (Lipinski definition) is 2. The maximum atomic E-state index is 13.9. The number of rotatable bonds is 5. The average Bonchev–Trinajstić information content (AvgIpc) is 2.56. The van der Waals surface area contributed by atoms with Gasteiger partial charge in [0.1, 0.15) is 0 Å². The van der Waals surface area contributed by atoms with Gasteiger partial charge in [-0.2, -0.15) is 22.0 Å². The Morgan fingerprint density at radius 1 is 1.07 bits per heavy atom. The molecule has 0 saturated heterocycles. The van der Waals surface area contributed by atoms with Crippen LogP contribution in [0.2, 0.25) is 0 Å². The van der Waals surface area contributed by atoms with Gasteiger partial charge in [-0.1, -0.05) is 6.07 Å². The van der Waals surface area contributed by atoms with Gasteiger partial charge >= 0.3 is 17.4 Å². The van der Waals surface area contributed by atoms with E-state index in [9.17, 15) is 35.3 Å². The van der Waals surface area contributed by atoms with E-state index in [1.807, 2.05) is 0 Å². The Morgan fingerprint density at radius 2 is 1.70 bits per heavy atom. The van der Waals surface area contributed by atoms with Gasteiger partial charge in [0, 0.05) is 45.0 Å². The summed E-state index contributed by atoms with van der Waals surface area (Å²) in [6.07, 6.45) is -5.46. The fraction of sp³-hybridized carbons (Fsp3) is 0.267. The van der Waals surface area contributed by atoms with Crippen LogP contribution >= 0.6 is 31.9 Å². The van der Waals surface area contributed by atoms with Crippen molar-refractivity contribution >= 4 is 43.0 Å². The summed E-state index contributed by atoms with van der Waals surface area (Å²) in [6, 6.07) is 7.95. The third kappa shape index (κ3) is 4.43. The Hall–Kier alpha value is -0.850. The van der Waals surface area contributed by atoms with E-state index in [2.05, 4.69) is 42.9 Å². The van der Waals surface area contributed by atoms with Crippen molar-refractivity contribution in [2.45, 2.75) is 28.7 Å². The molecule has 0 spiro atoms. The number of halogens is 9. The molecular formula is C15H7Br2F7NOS.